The summed E-state index contributed by atoms with van der Waals surface area (Å²) in [6.07, 6.45) is 3.13. The number of fused-ring (bicyclic) bond motifs is 1. The van der Waals surface area contributed by atoms with Crippen molar-refractivity contribution in [3.63, 3.8) is 0 Å². The van der Waals surface area contributed by atoms with Crippen molar-refractivity contribution in [3.8, 4) is 17.0 Å². The predicted octanol–water partition coefficient (Wildman–Crippen LogP) is 5.89. The Labute approximate surface area is 190 Å². The van der Waals surface area contributed by atoms with Crippen LogP contribution in [-0.4, -0.2) is 32.9 Å². The van der Waals surface area contributed by atoms with Crippen LogP contribution in [0, 0.1) is 0 Å². The molecular formula is C22H13Cl2F2N3O3. The van der Waals surface area contributed by atoms with Crippen LogP contribution in [0.1, 0.15) is 21.6 Å². The number of alkyl halides is 2. The average Bonchev–Trinajstić information content (AvgIpc) is 2.76. The first-order valence-corrected chi connectivity index (χ1v) is 9.95. The maximum atomic E-state index is 12.8. The molecule has 2 aromatic heterocycles. The van der Waals surface area contributed by atoms with E-state index >= 15 is 0 Å². The molecule has 2 heterocycles. The van der Waals surface area contributed by atoms with Gasteiger partial charge >= 0.3 is 12.6 Å². The molecule has 2 aromatic carbocycles. The maximum Gasteiger partial charge on any atom is 0.387 e. The minimum absolute atomic E-state index is 0.0526. The third-order valence-electron chi connectivity index (χ3n) is 4.73. The van der Waals surface area contributed by atoms with Gasteiger partial charge in [0.15, 0.2) is 0 Å². The fourth-order valence-corrected chi connectivity index (χ4v) is 3.78. The van der Waals surface area contributed by atoms with Gasteiger partial charge in [0.1, 0.15) is 11.4 Å². The number of carboxylic acids is 1. The van der Waals surface area contributed by atoms with Gasteiger partial charge in [0.2, 0.25) is 0 Å². The van der Waals surface area contributed by atoms with E-state index < -0.39 is 12.6 Å². The van der Waals surface area contributed by atoms with Crippen LogP contribution in [0.15, 0.2) is 54.9 Å². The molecule has 4 aromatic rings. The average molecular weight is 476 g/mol. The molecule has 0 bridgehead atoms. The van der Waals surface area contributed by atoms with Gasteiger partial charge in [-0.25, -0.2) is 4.79 Å². The van der Waals surface area contributed by atoms with Gasteiger partial charge in [-0.3, -0.25) is 4.98 Å². The first-order valence-electron chi connectivity index (χ1n) is 9.19. The quantitative estimate of drug-likeness (QED) is 0.374. The van der Waals surface area contributed by atoms with Gasteiger partial charge in [0.05, 0.1) is 21.3 Å². The zero-order valence-electron chi connectivity index (χ0n) is 16.1. The van der Waals surface area contributed by atoms with E-state index in [1.165, 1.54) is 36.7 Å². The fraction of sp³-hybridized carbons (Fsp3) is 0.0909. The molecule has 162 valence electrons. The second-order valence-corrected chi connectivity index (χ2v) is 7.54. The largest absolute Gasteiger partial charge is 0.478 e. The maximum absolute atomic E-state index is 12.8. The Bertz CT molecular complexity index is 1320. The van der Waals surface area contributed by atoms with E-state index in [1.54, 1.807) is 18.2 Å². The minimum atomic E-state index is -3.00. The Morgan fingerprint density at radius 1 is 1.03 bits per heavy atom. The summed E-state index contributed by atoms with van der Waals surface area (Å²) in [5, 5.41) is 19.6. The first-order chi connectivity index (χ1) is 15.3. The SMILES string of the molecule is O=C(O)c1cccc(-c2nnc(Cc3c(Cl)cncc3Cl)c3ccc(OC(F)F)cc23)c1. The van der Waals surface area contributed by atoms with Crippen LogP contribution >= 0.6 is 23.2 Å². The summed E-state index contributed by atoms with van der Waals surface area (Å²) in [7, 11) is 0. The second kappa shape index (κ2) is 9.02. The zero-order chi connectivity index (χ0) is 22.8. The Hall–Kier alpha value is -3.36. The number of pyridine rings is 1. The number of hydrogen-bond acceptors (Lipinski definition) is 5. The molecule has 0 radical (unpaired) electrons. The van der Waals surface area contributed by atoms with Crippen molar-refractivity contribution in [2.24, 2.45) is 0 Å². The molecule has 0 atom stereocenters. The highest BCUT2D eigenvalue weighted by Gasteiger charge is 2.17. The molecule has 6 nitrogen and oxygen atoms in total. The van der Waals surface area contributed by atoms with Crippen LogP contribution in [-0.2, 0) is 6.42 Å². The monoisotopic (exact) mass is 475 g/mol. The molecule has 1 N–H and O–H groups in total. The van der Waals surface area contributed by atoms with E-state index in [2.05, 4.69) is 19.9 Å². The lowest BCUT2D eigenvalue weighted by Gasteiger charge is -2.13. The summed E-state index contributed by atoms with van der Waals surface area (Å²) in [6, 6.07) is 10.5. The lowest BCUT2D eigenvalue weighted by Crippen LogP contribution is -2.04. The van der Waals surface area contributed by atoms with E-state index in [1.807, 2.05) is 0 Å². The molecule has 0 spiro atoms. The second-order valence-electron chi connectivity index (χ2n) is 6.73. The van der Waals surface area contributed by atoms with Crippen molar-refractivity contribution in [1.82, 2.24) is 15.2 Å². The molecule has 0 aliphatic rings. The van der Waals surface area contributed by atoms with Crippen molar-refractivity contribution in [1.29, 1.82) is 0 Å². The number of carboxylic acid groups (broad SMARTS) is 1. The lowest BCUT2D eigenvalue weighted by molar-refractivity contribution is -0.0497. The van der Waals surface area contributed by atoms with E-state index in [-0.39, 0.29) is 17.7 Å². The number of nitrogens with zero attached hydrogens (tertiary/aromatic N) is 3. The molecule has 4 rings (SSSR count). The third-order valence-corrected chi connectivity index (χ3v) is 5.38. The Balaban J connectivity index is 1.90. The topological polar surface area (TPSA) is 85.2 Å². The highest BCUT2D eigenvalue weighted by atomic mass is 35.5. The minimum Gasteiger partial charge on any atom is -0.478 e. The van der Waals surface area contributed by atoms with Gasteiger partial charge in [-0.15, -0.1) is 5.10 Å². The fourth-order valence-electron chi connectivity index (χ4n) is 3.28. The summed E-state index contributed by atoms with van der Waals surface area (Å²) in [5.41, 5.74) is 1.92. The van der Waals surface area contributed by atoms with Crippen molar-refractivity contribution in [2.75, 3.05) is 0 Å². The normalized spacial score (nSPS) is 11.2. The smallest absolute Gasteiger partial charge is 0.387 e. The van der Waals surface area contributed by atoms with Gasteiger partial charge in [-0.1, -0.05) is 35.3 Å². The Morgan fingerprint density at radius 2 is 1.78 bits per heavy atom. The standard InChI is InChI=1S/C22H13Cl2F2N3O3/c23-17-9-27-10-18(24)16(17)8-19-14-5-4-13(32-22(25)26)7-15(14)20(29-28-19)11-2-1-3-12(6-11)21(30)31/h1-7,9-10,22H,8H2,(H,30,31). The number of carbonyl (C=O) groups is 1. The van der Waals surface area contributed by atoms with E-state index in [0.29, 0.717) is 43.3 Å². The van der Waals surface area contributed by atoms with Crippen LogP contribution < -0.4 is 4.74 Å². The summed E-state index contributed by atoms with van der Waals surface area (Å²) in [4.78, 5) is 15.3. The predicted molar refractivity (Wildman–Crippen MR) is 116 cm³/mol. The van der Waals surface area contributed by atoms with Crippen molar-refractivity contribution in [3.05, 3.63) is 81.7 Å². The van der Waals surface area contributed by atoms with E-state index in [0.717, 1.165) is 0 Å². The molecule has 10 heteroatoms. The van der Waals surface area contributed by atoms with Crippen molar-refractivity contribution >= 4 is 39.9 Å². The summed E-state index contributed by atoms with van der Waals surface area (Å²) in [5.74, 6) is -1.17. The van der Waals surface area contributed by atoms with Gasteiger partial charge in [-0.2, -0.15) is 13.9 Å². The number of halogens is 4. The summed E-state index contributed by atoms with van der Waals surface area (Å²) >= 11 is 12.5. The third kappa shape index (κ3) is 4.46. The highest BCUT2D eigenvalue weighted by Crippen LogP contribution is 2.34. The number of rotatable bonds is 6. The van der Waals surface area contributed by atoms with Gasteiger partial charge < -0.3 is 9.84 Å². The van der Waals surface area contributed by atoms with Crippen LogP contribution in [0.3, 0.4) is 0 Å². The van der Waals surface area contributed by atoms with Gasteiger partial charge in [-0.05, 0) is 35.9 Å². The van der Waals surface area contributed by atoms with Crippen LogP contribution in [0.5, 0.6) is 5.75 Å². The molecule has 0 fully saturated rings. The van der Waals surface area contributed by atoms with Crippen LogP contribution in [0.2, 0.25) is 10.0 Å². The molecule has 32 heavy (non-hydrogen) atoms. The Morgan fingerprint density at radius 3 is 2.47 bits per heavy atom. The van der Waals surface area contributed by atoms with Crippen LogP contribution in [0.25, 0.3) is 22.0 Å². The molecule has 0 saturated heterocycles. The van der Waals surface area contributed by atoms with Crippen LogP contribution in [0.4, 0.5) is 8.78 Å². The number of aromatic carboxylic acids is 1. The Kier molecular flexibility index (Phi) is 6.16. The first kappa shape index (κ1) is 21.9. The number of ether oxygens (including phenoxy) is 1. The zero-order valence-corrected chi connectivity index (χ0v) is 17.6. The van der Waals surface area contributed by atoms with Crippen molar-refractivity contribution < 1.29 is 23.4 Å². The van der Waals surface area contributed by atoms with Gasteiger partial charge in [0.25, 0.3) is 0 Å². The molecule has 0 amide bonds. The van der Waals surface area contributed by atoms with E-state index in [9.17, 15) is 18.7 Å². The number of hydrogen-bond donors (Lipinski definition) is 1. The lowest BCUT2D eigenvalue weighted by atomic mass is 9.99. The summed E-state index contributed by atoms with van der Waals surface area (Å²) < 4.78 is 30.1. The summed E-state index contributed by atoms with van der Waals surface area (Å²) in [6.45, 7) is -3.00. The molecule has 0 aliphatic carbocycles. The van der Waals surface area contributed by atoms with Crippen molar-refractivity contribution in [2.45, 2.75) is 13.0 Å². The molecule has 0 saturated carbocycles. The van der Waals surface area contributed by atoms with E-state index in [4.69, 9.17) is 23.2 Å². The number of benzene rings is 2. The number of aromatic nitrogens is 3. The molecule has 0 aliphatic heterocycles. The van der Waals surface area contributed by atoms with Gasteiger partial charge in [0, 0.05) is 35.2 Å². The highest BCUT2D eigenvalue weighted by molar-refractivity contribution is 6.35. The molecular weight excluding hydrogens is 463 g/mol. The molecule has 0 unspecified atom stereocenters.